The number of esters is 1. The highest BCUT2D eigenvalue weighted by Crippen LogP contribution is 2.17. The highest BCUT2D eigenvalue weighted by atomic mass is 35.5. The summed E-state index contributed by atoms with van der Waals surface area (Å²) in [6, 6.07) is 14.8. The molecule has 2 aromatic rings. The van der Waals surface area contributed by atoms with Crippen LogP contribution in [0.1, 0.15) is 35.7 Å². The molecule has 1 N–H and O–H groups in total. The lowest BCUT2D eigenvalue weighted by Gasteiger charge is -2.05. The van der Waals surface area contributed by atoms with Gasteiger partial charge < -0.3 is 10.1 Å². The van der Waals surface area contributed by atoms with Gasteiger partial charge in [0.05, 0.1) is 5.56 Å². The van der Waals surface area contributed by atoms with Crippen molar-refractivity contribution in [3.05, 3.63) is 70.3 Å². The second-order valence-electron chi connectivity index (χ2n) is 5.74. The van der Waals surface area contributed by atoms with Crippen LogP contribution in [0.2, 0.25) is 5.02 Å². The van der Waals surface area contributed by atoms with Gasteiger partial charge in [-0.1, -0.05) is 37.1 Å². The number of carbonyl (C=O) groups is 2. The molecular weight excluding hydrogens is 364 g/mol. The molecule has 5 nitrogen and oxygen atoms in total. The summed E-state index contributed by atoms with van der Waals surface area (Å²) in [6.07, 6.45) is 3.31. The van der Waals surface area contributed by atoms with E-state index in [0.717, 1.165) is 12.8 Å². The van der Waals surface area contributed by atoms with Crippen LogP contribution in [0.25, 0.3) is 6.08 Å². The van der Waals surface area contributed by atoms with Crippen molar-refractivity contribution in [3.63, 3.8) is 0 Å². The van der Waals surface area contributed by atoms with Crippen LogP contribution < -0.4 is 10.1 Å². The van der Waals surface area contributed by atoms with Gasteiger partial charge in [-0.25, -0.2) is 4.79 Å². The van der Waals surface area contributed by atoms with Crippen molar-refractivity contribution in [3.8, 4) is 11.8 Å². The van der Waals surface area contributed by atoms with Gasteiger partial charge in [-0.15, -0.1) is 0 Å². The van der Waals surface area contributed by atoms with Gasteiger partial charge in [0.15, 0.2) is 0 Å². The lowest BCUT2D eigenvalue weighted by Crippen LogP contribution is -2.25. The van der Waals surface area contributed by atoms with E-state index in [2.05, 4.69) is 5.32 Å². The molecule has 0 unspecified atom stereocenters. The molecule has 27 heavy (non-hydrogen) atoms. The molecule has 2 aromatic carbocycles. The molecule has 0 bridgehead atoms. The summed E-state index contributed by atoms with van der Waals surface area (Å²) in [5.41, 5.74) is 1.07. The summed E-state index contributed by atoms with van der Waals surface area (Å²) >= 11 is 5.80. The van der Waals surface area contributed by atoms with Crippen molar-refractivity contribution < 1.29 is 14.3 Å². The Kier molecular flexibility index (Phi) is 7.60. The van der Waals surface area contributed by atoms with Crippen LogP contribution in [0.3, 0.4) is 0 Å². The van der Waals surface area contributed by atoms with E-state index < -0.39 is 11.9 Å². The maximum absolute atomic E-state index is 12.1. The van der Waals surface area contributed by atoms with E-state index in [1.54, 1.807) is 48.5 Å². The summed E-state index contributed by atoms with van der Waals surface area (Å²) in [4.78, 5) is 24.0. The van der Waals surface area contributed by atoms with Crippen LogP contribution >= 0.6 is 11.6 Å². The average Bonchev–Trinajstić information content (AvgIpc) is 2.68. The number of nitrogens with zero attached hydrogens (tertiary/aromatic N) is 1. The summed E-state index contributed by atoms with van der Waals surface area (Å²) in [6.45, 7) is 2.56. The number of rotatable bonds is 7. The third-order valence-corrected chi connectivity index (χ3v) is 3.91. The number of amides is 1. The Morgan fingerprint density at radius 2 is 1.81 bits per heavy atom. The van der Waals surface area contributed by atoms with Crippen molar-refractivity contribution in [2.75, 3.05) is 6.54 Å². The maximum atomic E-state index is 12.1. The van der Waals surface area contributed by atoms with Crippen LogP contribution in [0, 0.1) is 11.3 Å². The Balaban J connectivity index is 2.03. The molecule has 0 aliphatic rings. The van der Waals surface area contributed by atoms with E-state index in [1.807, 2.05) is 13.0 Å². The molecule has 0 saturated carbocycles. The van der Waals surface area contributed by atoms with Gasteiger partial charge in [0.2, 0.25) is 0 Å². The number of nitrogens with one attached hydrogen (secondary N) is 1. The number of hydrogen-bond donors (Lipinski definition) is 1. The van der Waals surface area contributed by atoms with Crippen LogP contribution in [0.5, 0.6) is 5.75 Å². The van der Waals surface area contributed by atoms with Crippen LogP contribution in [0.4, 0.5) is 0 Å². The second-order valence-corrected chi connectivity index (χ2v) is 6.18. The van der Waals surface area contributed by atoms with Crippen molar-refractivity contribution in [2.45, 2.75) is 19.8 Å². The number of hydrogen-bond acceptors (Lipinski definition) is 4. The molecular formula is C21H19ClN2O3. The van der Waals surface area contributed by atoms with Crippen molar-refractivity contribution in [2.24, 2.45) is 0 Å². The minimum absolute atomic E-state index is 0.0250. The molecule has 0 saturated heterocycles. The third kappa shape index (κ3) is 6.28. The lowest BCUT2D eigenvalue weighted by atomic mass is 10.1. The van der Waals surface area contributed by atoms with Crippen molar-refractivity contribution in [1.29, 1.82) is 5.26 Å². The Labute approximate surface area is 163 Å². The lowest BCUT2D eigenvalue weighted by molar-refractivity contribution is -0.117. The normalized spacial score (nSPS) is 10.8. The van der Waals surface area contributed by atoms with Crippen molar-refractivity contribution >= 4 is 29.6 Å². The minimum Gasteiger partial charge on any atom is -0.423 e. The SMILES string of the molecule is CCCCNC(=O)/C(C#N)=C/c1ccc(OC(=O)c2ccc(Cl)cc2)cc1. The molecule has 2 rings (SSSR count). The van der Waals surface area contributed by atoms with Gasteiger partial charge in [0.25, 0.3) is 5.91 Å². The van der Waals surface area contributed by atoms with E-state index in [-0.39, 0.29) is 5.57 Å². The Bertz CT molecular complexity index is 866. The second kappa shape index (κ2) is 10.1. The standard InChI is InChI=1S/C21H19ClN2O3/c1-2-3-12-24-20(25)17(14-23)13-15-4-10-19(11-5-15)27-21(26)16-6-8-18(22)9-7-16/h4-11,13H,2-3,12H2,1H3,(H,24,25)/b17-13+. The van der Waals surface area contributed by atoms with Gasteiger partial charge in [-0.05, 0) is 54.5 Å². The maximum Gasteiger partial charge on any atom is 0.343 e. The van der Waals surface area contributed by atoms with E-state index in [4.69, 9.17) is 16.3 Å². The number of halogens is 1. The van der Waals surface area contributed by atoms with Crippen LogP contribution in [-0.4, -0.2) is 18.4 Å². The average molecular weight is 383 g/mol. The molecule has 0 atom stereocenters. The Hall–Kier alpha value is -3.10. The number of ether oxygens (including phenoxy) is 1. The quantitative estimate of drug-likeness (QED) is 0.253. The molecule has 0 radical (unpaired) electrons. The van der Waals surface area contributed by atoms with Gasteiger partial charge in [-0.2, -0.15) is 5.26 Å². The number of unbranched alkanes of at least 4 members (excludes halogenated alkanes) is 1. The number of benzene rings is 2. The fraction of sp³-hybridized carbons (Fsp3) is 0.190. The molecule has 0 heterocycles. The zero-order valence-electron chi connectivity index (χ0n) is 14.9. The smallest absolute Gasteiger partial charge is 0.343 e. The minimum atomic E-state index is -0.497. The molecule has 0 aromatic heterocycles. The Morgan fingerprint density at radius 1 is 1.15 bits per heavy atom. The summed E-state index contributed by atoms with van der Waals surface area (Å²) in [7, 11) is 0. The van der Waals surface area contributed by atoms with E-state index in [0.29, 0.717) is 28.4 Å². The van der Waals surface area contributed by atoms with Gasteiger partial charge in [0.1, 0.15) is 17.4 Å². The highest BCUT2D eigenvalue weighted by molar-refractivity contribution is 6.30. The molecule has 0 aliphatic heterocycles. The third-order valence-electron chi connectivity index (χ3n) is 3.66. The zero-order chi connectivity index (χ0) is 19.6. The zero-order valence-corrected chi connectivity index (χ0v) is 15.6. The topological polar surface area (TPSA) is 79.2 Å². The van der Waals surface area contributed by atoms with Crippen molar-refractivity contribution in [1.82, 2.24) is 5.32 Å². The number of carbonyl (C=O) groups excluding carboxylic acids is 2. The fourth-order valence-corrected chi connectivity index (χ4v) is 2.30. The predicted octanol–water partition coefficient (Wildman–Crippen LogP) is 4.38. The molecule has 0 aliphatic carbocycles. The van der Waals surface area contributed by atoms with Gasteiger partial charge >= 0.3 is 5.97 Å². The summed E-state index contributed by atoms with van der Waals surface area (Å²) in [5, 5.41) is 12.4. The summed E-state index contributed by atoms with van der Waals surface area (Å²) in [5.74, 6) is -0.537. The predicted molar refractivity (Wildman–Crippen MR) is 104 cm³/mol. The van der Waals surface area contributed by atoms with Gasteiger partial charge in [-0.3, -0.25) is 4.79 Å². The van der Waals surface area contributed by atoms with E-state index in [1.165, 1.54) is 6.08 Å². The summed E-state index contributed by atoms with van der Waals surface area (Å²) < 4.78 is 5.29. The number of nitriles is 1. The van der Waals surface area contributed by atoms with E-state index in [9.17, 15) is 14.9 Å². The first-order valence-electron chi connectivity index (χ1n) is 8.51. The first kappa shape index (κ1) is 20.2. The largest absolute Gasteiger partial charge is 0.423 e. The first-order chi connectivity index (χ1) is 13.0. The van der Waals surface area contributed by atoms with E-state index >= 15 is 0 Å². The monoisotopic (exact) mass is 382 g/mol. The molecule has 138 valence electrons. The Morgan fingerprint density at radius 3 is 2.41 bits per heavy atom. The highest BCUT2D eigenvalue weighted by Gasteiger charge is 2.10. The molecule has 1 amide bonds. The van der Waals surface area contributed by atoms with Crippen LogP contribution in [-0.2, 0) is 4.79 Å². The molecule has 0 spiro atoms. The molecule has 0 fully saturated rings. The van der Waals surface area contributed by atoms with Crippen LogP contribution in [0.15, 0.2) is 54.1 Å². The van der Waals surface area contributed by atoms with Gasteiger partial charge in [0, 0.05) is 11.6 Å². The first-order valence-corrected chi connectivity index (χ1v) is 8.89. The fourth-order valence-electron chi connectivity index (χ4n) is 2.17. The molecule has 6 heteroatoms.